The van der Waals surface area contributed by atoms with Crippen molar-refractivity contribution in [1.29, 1.82) is 0 Å². The summed E-state index contributed by atoms with van der Waals surface area (Å²) in [6.45, 7) is 2.91. The summed E-state index contributed by atoms with van der Waals surface area (Å²) in [4.78, 5) is 14.3. The summed E-state index contributed by atoms with van der Waals surface area (Å²) < 4.78 is 25.7. The number of halogens is 1. The summed E-state index contributed by atoms with van der Waals surface area (Å²) in [6.07, 6.45) is 1.28. The highest BCUT2D eigenvalue weighted by atomic mass is 19.1. The van der Waals surface area contributed by atoms with Crippen molar-refractivity contribution >= 4 is 5.91 Å². The molecule has 0 unspecified atom stereocenters. The minimum absolute atomic E-state index is 0.0424. The fourth-order valence-electron chi connectivity index (χ4n) is 3.10. The minimum Gasteiger partial charge on any atom is -0.376 e. The van der Waals surface area contributed by atoms with Crippen molar-refractivity contribution in [3.63, 3.8) is 0 Å². The second-order valence-corrected chi connectivity index (χ2v) is 6.03. The van der Waals surface area contributed by atoms with Crippen LogP contribution in [0.4, 0.5) is 4.39 Å². The Bertz CT molecular complexity index is 738. The van der Waals surface area contributed by atoms with Crippen LogP contribution in [-0.4, -0.2) is 46.5 Å². The maximum absolute atomic E-state index is 13.0. The fourth-order valence-corrected chi connectivity index (χ4v) is 3.10. The van der Waals surface area contributed by atoms with Crippen molar-refractivity contribution in [2.24, 2.45) is 0 Å². The van der Waals surface area contributed by atoms with E-state index in [4.69, 9.17) is 9.47 Å². The van der Waals surface area contributed by atoms with Crippen LogP contribution in [0.5, 0.6) is 0 Å². The third-order valence-corrected chi connectivity index (χ3v) is 4.39. The molecule has 0 bridgehead atoms. The summed E-state index contributed by atoms with van der Waals surface area (Å²) >= 11 is 0. The topological polar surface area (TPSA) is 56.6 Å². The number of hydrogen-bond donors (Lipinski definition) is 0. The smallest absolute Gasteiger partial charge is 0.254 e. The molecule has 6 nitrogen and oxygen atoms in total. The normalized spacial score (nSPS) is 20.2. The number of hydrogen-bond acceptors (Lipinski definition) is 4. The number of carbonyl (C=O) groups is 1. The summed E-state index contributed by atoms with van der Waals surface area (Å²) in [5, 5.41) is 4.39. The van der Waals surface area contributed by atoms with Gasteiger partial charge in [0, 0.05) is 12.1 Å². The van der Waals surface area contributed by atoms with Gasteiger partial charge in [-0.2, -0.15) is 5.10 Å². The van der Waals surface area contributed by atoms with Gasteiger partial charge in [-0.15, -0.1) is 0 Å². The van der Waals surface area contributed by atoms with E-state index in [-0.39, 0.29) is 11.7 Å². The lowest BCUT2D eigenvalue weighted by molar-refractivity contribution is -0.158. The van der Waals surface area contributed by atoms with Crippen molar-refractivity contribution < 1.29 is 18.7 Å². The Morgan fingerprint density at radius 1 is 1.25 bits per heavy atom. The van der Waals surface area contributed by atoms with E-state index < -0.39 is 6.10 Å². The molecule has 4 rings (SSSR count). The van der Waals surface area contributed by atoms with Crippen molar-refractivity contribution in [3.8, 4) is 0 Å². The number of nitrogens with zero attached hydrogens (tertiary/aromatic N) is 3. The lowest BCUT2D eigenvalue weighted by atomic mass is 10.2. The molecule has 1 fully saturated rings. The van der Waals surface area contributed by atoms with E-state index in [2.05, 4.69) is 5.10 Å². The van der Waals surface area contributed by atoms with Crippen LogP contribution in [0.1, 0.15) is 16.8 Å². The van der Waals surface area contributed by atoms with Gasteiger partial charge in [0.25, 0.3) is 5.91 Å². The van der Waals surface area contributed by atoms with Crippen LogP contribution in [-0.2, 0) is 33.9 Å². The van der Waals surface area contributed by atoms with Crippen molar-refractivity contribution in [3.05, 3.63) is 53.1 Å². The van der Waals surface area contributed by atoms with Crippen LogP contribution in [0, 0.1) is 5.82 Å². The Labute approximate surface area is 138 Å². The number of aromatic nitrogens is 2. The highest BCUT2D eigenvalue weighted by molar-refractivity contribution is 5.81. The number of benzene rings is 1. The zero-order chi connectivity index (χ0) is 16.5. The Balaban J connectivity index is 1.46. The van der Waals surface area contributed by atoms with Gasteiger partial charge < -0.3 is 14.4 Å². The molecule has 1 atom stereocenters. The molecule has 0 saturated carbocycles. The Kier molecular flexibility index (Phi) is 4.03. The lowest BCUT2D eigenvalue weighted by Crippen LogP contribution is -2.43. The van der Waals surface area contributed by atoms with Gasteiger partial charge in [-0.3, -0.25) is 9.48 Å². The first kappa shape index (κ1) is 15.3. The van der Waals surface area contributed by atoms with E-state index in [1.807, 2.05) is 4.68 Å². The lowest BCUT2D eigenvalue weighted by Gasteiger charge is -2.26. The molecule has 0 radical (unpaired) electrons. The molecule has 7 heteroatoms. The van der Waals surface area contributed by atoms with Crippen LogP contribution in [0.15, 0.2) is 30.5 Å². The number of fused-ring (bicyclic) bond motifs is 1. The van der Waals surface area contributed by atoms with Gasteiger partial charge >= 0.3 is 0 Å². The molecule has 2 aliphatic rings. The Hall–Kier alpha value is -2.25. The van der Waals surface area contributed by atoms with Gasteiger partial charge in [0.15, 0.2) is 6.10 Å². The first-order chi connectivity index (χ1) is 11.7. The number of rotatable bonds is 3. The average molecular weight is 331 g/mol. The van der Waals surface area contributed by atoms with Crippen molar-refractivity contribution in [2.75, 3.05) is 19.8 Å². The van der Waals surface area contributed by atoms with Gasteiger partial charge in [0.2, 0.25) is 0 Å². The first-order valence-corrected chi connectivity index (χ1v) is 7.97. The van der Waals surface area contributed by atoms with E-state index in [9.17, 15) is 9.18 Å². The number of ether oxygens (including phenoxy) is 2. The summed E-state index contributed by atoms with van der Waals surface area (Å²) in [7, 11) is 0. The van der Waals surface area contributed by atoms with Gasteiger partial charge in [-0.1, -0.05) is 12.1 Å². The molecule has 0 N–H and O–H groups in total. The largest absolute Gasteiger partial charge is 0.376 e. The predicted molar refractivity (Wildman–Crippen MR) is 82.5 cm³/mol. The number of carbonyl (C=O) groups excluding carboxylic acids is 1. The Morgan fingerprint density at radius 2 is 2.08 bits per heavy atom. The molecule has 3 heterocycles. The minimum atomic E-state index is -0.513. The van der Waals surface area contributed by atoms with Crippen LogP contribution >= 0.6 is 0 Å². The molecule has 2 aromatic rings. The molecular formula is C17H18FN3O3. The molecule has 1 amide bonds. The average Bonchev–Trinajstić information content (AvgIpc) is 3.19. The second kappa shape index (κ2) is 6.33. The predicted octanol–water partition coefficient (Wildman–Crippen LogP) is 1.33. The zero-order valence-corrected chi connectivity index (χ0v) is 13.2. The van der Waals surface area contributed by atoms with Gasteiger partial charge in [-0.05, 0) is 17.7 Å². The highest BCUT2D eigenvalue weighted by Gasteiger charge is 2.33. The SMILES string of the molecule is O=C([C@H]1COCCO1)N1Cc2cnn(Cc3ccc(F)cc3)c2C1. The standard InChI is InChI=1S/C17H18FN3O3/c18-14-3-1-12(2-4-14)8-21-15-10-20(9-13(15)7-19-21)17(22)16-11-23-5-6-24-16/h1-4,7,16H,5-6,8-11H2/t16-/m1/s1. The molecule has 2 aliphatic heterocycles. The third kappa shape index (κ3) is 2.92. The molecule has 1 aromatic carbocycles. The van der Waals surface area contributed by atoms with E-state index in [0.29, 0.717) is 39.5 Å². The Morgan fingerprint density at radius 3 is 2.83 bits per heavy atom. The third-order valence-electron chi connectivity index (χ3n) is 4.39. The maximum atomic E-state index is 13.0. The molecule has 1 saturated heterocycles. The molecule has 0 spiro atoms. The van der Waals surface area contributed by atoms with E-state index >= 15 is 0 Å². The van der Waals surface area contributed by atoms with Crippen LogP contribution in [0.25, 0.3) is 0 Å². The molecule has 1 aromatic heterocycles. The zero-order valence-electron chi connectivity index (χ0n) is 13.2. The summed E-state index contributed by atoms with van der Waals surface area (Å²) in [5.41, 5.74) is 3.03. The van der Waals surface area contributed by atoms with Crippen molar-refractivity contribution in [1.82, 2.24) is 14.7 Å². The fraction of sp³-hybridized carbons (Fsp3) is 0.412. The summed E-state index contributed by atoms with van der Waals surface area (Å²) in [5.74, 6) is -0.296. The number of amides is 1. The van der Waals surface area contributed by atoms with E-state index in [1.54, 1.807) is 23.2 Å². The molecule has 126 valence electrons. The highest BCUT2D eigenvalue weighted by Crippen LogP contribution is 2.24. The van der Waals surface area contributed by atoms with Crippen molar-refractivity contribution in [2.45, 2.75) is 25.7 Å². The van der Waals surface area contributed by atoms with Gasteiger partial charge in [0.1, 0.15) is 5.82 Å². The summed E-state index contributed by atoms with van der Waals surface area (Å²) in [6, 6.07) is 6.37. The van der Waals surface area contributed by atoms with Crippen LogP contribution in [0.2, 0.25) is 0 Å². The maximum Gasteiger partial charge on any atom is 0.254 e. The quantitative estimate of drug-likeness (QED) is 0.851. The monoisotopic (exact) mass is 331 g/mol. The molecular weight excluding hydrogens is 313 g/mol. The van der Waals surface area contributed by atoms with E-state index in [0.717, 1.165) is 16.8 Å². The molecule has 24 heavy (non-hydrogen) atoms. The van der Waals surface area contributed by atoms with E-state index in [1.165, 1.54) is 12.1 Å². The van der Waals surface area contributed by atoms with Crippen LogP contribution < -0.4 is 0 Å². The van der Waals surface area contributed by atoms with Gasteiger partial charge in [0.05, 0.1) is 44.8 Å². The van der Waals surface area contributed by atoms with Gasteiger partial charge in [-0.25, -0.2) is 4.39 Å². The second-order valence-electron chi connectivity index (χ2n) is 6.03. The molecule has 0 aliphatic carbocycles. The van der Waals surface area contributed by atoms with Crippen LogP contribution in [0.3, 0.4) is 0 Å². The first-order valence-electron chi connectivity index (χ1n) is 7.97.